The number of ether oxygens (including phenoxy) is 2. The van der Waals surface area contributed by atoms with Gasteiger partial charge in [0.25, 0.3) is 5.91 Å². The van der Waals surface area contributed by atoms with Crippen LogP contribution in [0.3, 0.4) is 0 Å². The minimum atomic E-state index is -2.56. The maximum atomic E-state index is 13.7. The van der Waals surface area contributed by atoms with E-state index in [9.17, 15) is 19.5 Å². The van der Waals surface area contributed by atoms with Crippen LogP contribution in [0.4, 0.5) is 5.69 Å². The molecule has 3 atom stereocenters. The Morgan fingerprint density at radius 1 is 1.16 bits per heavy atom. The minimum Gasteiger partial charge on any atom is -0.496 e. The molecule has 3 rings (SSSR count). The number of anilines is 1. The molecule has 8 heteroatoms. The van der Waals surface area contributed by atoms with Crippen LogP contribution in [0.15, 0.2) is 48.5 Å². The average molecular weight is 440 g/mol. The number of carboxylic acids is 1. The van der Waals surface area contributed by atoms with E-state index in [0.29, 0.717) is 29.1 Å². The summed E-state index contributed by atoms with van der Waals surface area (Å²) in [6, 6.07) is 14.3. The highest BCUT2D eigenvalue weighted by Crippen LogP contribution is 2.42. The molecule has 0 fully saturated rings. The molecule has 0 bridgehead atoms. The predicted octanol–water partition coefficient (Wildman–Crippen LogP) is 2.54. The van der Waals surface area contributed by atoms with E-state index in [4.69, 9.17) is 15.2 Å². The first-order chi connectivity index (χ1) is 15.1. The van der Waals surface area contributed by atoms with Crippen molar-refractivity contribution in [1.82, 2.24) is 0 Å². The maximum Gasteiger partial charge on any atom is 0.334 e. The van der Waals surface area contributed by atoms with E-state index in [0.717, 1.165) is 6.92 Å². The van der Waals surface area contributed by atoms with Gasteiger partial charge in [-0.3, -0.25) is 9.59 Å². The number of carbonyl (C=O) groups excluding carboxylic acids is 2. The maximum absolute atomic E-state index is 13.7. The van der Waals surface area contributed by atoms with E-state index in [2.05, 4.69) is 0 Å². The number of fused-ring (bicyclic) bond motifs is 1. The number of nitrogens with two attached hydrogens (primary N) is 1. The second-order valence-electron chi connectivity index (χ2n) is 8.27. The number of aliphatic carboxylic acids is 1. The van der Waals surface area contributed by atoms with Crippen molar-refractivity contribution < 1.29 is 29.0 Å². The van der Waals surface area contributed by atoms with Gasteiger partial charge in [0.15, 0.2) is 11.9 Å². The van der Waals surface area contributed by atoms with Crippen LogP contribution in [0.25, 0.3) is 0 Å². The van der Waals surface area contributed by atoms with E-state index >= 15 is 0 Å². The summed E-state index contributed by atoms with van der Waals surface area (Å²) >= 11 is 0. The minimum absolute atomic E-state index is 0.0600. The van der Waals surface area contributed by atoms with Crippen LogP contribution in [-0.2, 0) is 19.1 Å². The molecule has 3 N–H and O–H groups in total. The number of carbonyl (C=O) groups is 3. The van der Waals surface area contributed by atoms with Crippen LogP contribution in [0.2, 0.25) is 0 Å². The number of hydrogen-bond acceptors (Lipinski definition) is 6. The SMILES string of the molecule is COc1ccccc1[C@@H]1O[C@@H](C(N)(C(C)=O)C(=O)O)C(=O)N(CC(C)C)c2ccccc21. The molecule has 1 heterocycles. The Balaban J connectivity index is 2.31. The Hall–Kier alpha value is -3.23. The van der Waals surface area contributed by atoms with Gasteiger partial charge in [0.1, 0.15) is 11.9 Å². The third kappa shape index (κ3) is 3.99. The molecule has 0 saturated heterocycles. The molecule has 0 aromatic heterocycles. The van der Waals surface area contributed by atoms with Crippen molar-refractivity contribution in [2.75, 3.05) is 18.6 Å². The predicted molar refractivity (Wildman–Crippen MR) is 119 cm³/mol. The quantitative estimate of drug-likeness (QED) is 0.635. The summed E-state index contributed by atoms with van der Waals surface area (Å²) in [5, 5.41) is 9.89. The number of Topliss-reactive ketones (excluding diaryl/α,β-unsaturated/α-hetero) is 1. The molecule has 2 aromatic rings. The molecular weight excluding hydrogens is 412 g/mol. The van der Waals surface area contributed by atoms with Crippen molar-refractivity contribution in [3.8, 4) is 5.75 Å². The smallest absolute Gasteiger partial charge is 0.334 e. The number of para-hydroxylation sites is 2. The molecule has 8 nitrogen and oxygen atoms in total. The van der Waals surface area contributed by atoms with E-state index in [1.54, 1.807) is 42.5 Å². The van der Waals surface area contributed by atoms with Gasteiger partial charge >= 0.3 is 5.97 Å². The summed E-state index contributed by atoms with van der Waals surface area (Å²) in [6.07, 6.45) is -2.64. The summed E-state index contributed by atoms with van der Waals surface area (Å²) in [4.78, 5) is 39.8. The first-order valence-corrected chi connectivity index (χ1v) is 10.3. The molecule has 0 saturated carbocycles. The molecule has 1 aliphatic heterocycles. The van der Waals surface area contributed by atoms with Crippen LogP contribution in [0, 0.1) is 5.92 Å². The summed E-state index contributed by atoms with van der Waals surface area (Å²) in [5.41, 5.74) is 5.34. The zero-order valence-corrected chi connectivity index (χ0v) is 18.6. The van der Waals surface area contributed by atoms with E-state index in [1.807, 2.05) is 19.9 Å². The highest BCUT2D eigenvalue weighted by atomic mass is 16.5. The fourth-order valence-corrected chi connectivity index (χ4v) is 3.91. The lowest BCUT2D eigenvalue weighted by molar-refractivity contribution is -0.162. The van der Waals surface area contributed by atoms with Crippen molar-refractivity contribution >= 4 is 23.3 Å². The number of rotatable bonds is 7. The molecule has 0 aliphatic carbocycles. The van der Waals surface area contributed by atoms with Gasteiger partial charge in [0.2, 0.25) is 5.54 Å². The van der Waals surface area contributed by atoms with Gasteiger partial charge in [-0.2, -0.15) is 0 Å². The van der Waals surface area contributed by atoms with Crippen molar-refractivity contribution in [2.45, 2.75) is 38.5 Å². The third-order valence-corrected chi connectivity index (χ3v) is 5.59. The number of hydrogen-bond donors (Lipinski definition) is 2. The van der Waals surface area contributed by atoms with E-state index in [1.165, 1.54) is 12.0 Å². The van der Waals surface area contributed by atoms with Gasteiger partial charge in [-0.1, -0.05) is 50.2 Å². The summed E-state index contributed by atoms with van der Waals surface area (Å²) in [7, 11) is 1.51. The van der Waals surface area contributed by atoms with Crippen molar-refractivity contribution in [1.29, 1.82) is 0 Å². The molecule has 170 valence electrons. The number of amides is 1. The van der Waals surface area contributed by atoms with Gasteiger partial charge in [-0.05, 0) is 25.0 Å². The number of methoxy groups -OCH3 is 1. The van der Waals surface area contributed by atoms with Gasteiger partial charge in [0.05, 0.1) is 7.11 Å². The Labute approximate surface area is 186 Å². The molecular formula is C24H28N2O6. The molecule has 1 unspecified atom stereocenters. The largest absolute Gasteiger partial charge is 0.496 e. The monoisotopic (exact) mass is 440 g/mol. The number of nitrogens with zero attached hydrogens (tertiary/aromatic N) is 1. The Kier molecular flexibility index (Phi) is 6.66. The van der Waals surface area contributed by atoms with E-state index < -0.39 is 35.4 Å². The number of benzene rings is 2. The summed E-state index contributed by atoms with van der Waals surface area (Å²) in [5.74, 6) is -2.62. The third-order valence-electron chi connectivity index (χ3n) is 5.59. The van der Waals surface area contributed by atoms with Gasteiger partial charge in [-0.15, -0.1) is 0 Å². The van der Waals surface area contributed by atoms with Crippen LogP contribution >= 0.6 is 0 Å². The summed E-state index contributed by atoms with van der Waals surface area (Å²) in [6.45, 7) is 5.22. The molecule has 0 radical (unpaired) electrons. The lowest BCUT2D eigenvalue weighted by Gasteiger charge is -2.33. The standard InChI is InChI=1S/C24H28N2O6/c1-14(2)13-26-18-11-7-5-9-16(18)20(17-10-6-8-12-19(17)31-4)32-21(22(26)28)24(25,15(3)27)23(29)30/h5-12,14,20-21H,13,25H2,1-4H3,(H,29,30)/t20-,21-,24?/m1/s1. The molecule has 1 aliphatic rings. The summed E-state index contributed by atoms with van der Waals surface area (Å²) < 4.78 is 11.7. The molecule has 1 amide bonds. The zero-order valence-electron chi connectivity index (χ0n) is 18.6. The average Bonchev–Trinajstić information content (AvgIpc) is 2.88. The highest BCUT2D eigenvalue weighted by Gasteiger charge is 2.55. The normalized spacial score (nSPS) is 20.3. The molecule has 32 heavy (non-hydrogen) atoms. The Morgan fingerprint density at radius 3 is 2.31 bits per heavy atom. The van der Waals surface area contributed by atoms with Crippen molar-refractivity contribution in [3.63, 3.8) is 0 Å². The van der Waals surface area contributed by atoms with Crippen molar-refractivity contribution in [3.05, 3.63) is 59.7 Å². The van der Waals surface area contributed by atoms with Crippen LogP contribution in [0.1, 0.15) is 38.0 Å². The topological polar surface area (TPSA) is 119 Å². The Morgan fingerprint density at radius 2 is 1.75 bits per heavy atom. The fourth-order valence-electron chi connectivity index (χ4n) is 3.91. The van der Waals surface area contributed by atoms with Crippen molar-refractivity contribution in [2.24, 2.45) is 11.7 Å². The van der Waals surface area contributed by atoms with Crippen LogP contribution in [-0.4, -0.2) is 48.1 Å². The zero-order chi connectivity index (χ0) is 23.6. The van der Waals surface area contributed by atoms with Gasteiger partial charge in [0, 0.05) is 23.4 Å². The Bertz CT molecular complexity index is 1020. The van der Waals surface area contributed by atoms with Gasteiger partial charge in [-0.25, -0.2) is 4.79 Å². The first-order valence-electron chi connectivity index (χ1n) is 10.3. The highest BCUT2D eigenvalue weighted by molar-refractivity contribution is 6.14. The lowest BCUT2D eigenvalue weighted by Crippen LogP contribution is -2.67. The second-order valence-corrected chi connectivity index (χ2v) is 8.27. The second kappa shape index (κ2) is 9.10. The van der Waals surface area contributed by atoms with Crippen LogP contribution in [0.5, 0.6) is 5.75 Å². The first kappa shape index (κ1) is 23.4. The molecule has 2 aromatic carbocycles. The number of ketones is 1. The fraction of sp³-hybridized carbons (Fsp3) is 0.375. The van der Waals surface area contributed by atoms with Crippen LogP contribution < -0.4 is 15.4 Å². The number of carboxylic acid groups (broad SMARTS) is 1. The molecule has 0 spiro atoms. The lowest BCUT2D eigenvalue weighted by atomic mass is 9.88. The van der Waals surface area contributed by atoms with E-state index in [-0.39, 0.29) is 5.92 Å². The van der Waals surface area contributed by atoms with Gasteiger partial charge < -0.3 is 25.2 Å².